The maximum absolute atomic E-state index is 12.8. The first-order chi connectivity index (χ1) is 12.5. The Hall–Kier alpha value is -1.89. The maximum Gasteiger partial charge on any atom is 0.325 e. The molecule has 1 N–H and O–H groups in total. The summed E-state index contributed by atoms with van der Waals surface area (Å²) >= 11 is 1.75. The Kier molecular flexibility index (Phi) is 4.50. The predicted octanol–water partition coefficient (Wildman–Crippen LogP) is 2.84. The molecule has 7 heteroatoms. The van der Waals surface area contributed by atoms with Gasteiger partial charge in [-0.05, 0) is 43.2 Å². The fraction of sp³-hybridized carbons (Fsp3) is 0.632. The first-order valence-corrected chi connectivity index (χ1v) is 10.4. The summed E-state index contributed by atoms with van der Waals surface area (Å²) in [7, 11) is 0. The van der Waals surface area contributed by atoms with Gasteiger partial charge in [0.25, 0.3) is 5.91 Å². The average Bonchev–Trinajstić information content (AvgIpc) is 3.19. The highest BCUT2D eigenvalue weighted by Crippen LogP contribution is 2.35. The number of amides is 4. The number of fused-ring (bicyclic) bond motifs is 1. The lowest BCUT2D eigenvalue weighted by Gasteiger charge is -2.34. The predicted molar refractivity (Wildman–Crippen MR) is 98.8 cm³/mol. The molecule has 26 heavy (non-hydrogen) atoms. The molecule has 1 spiro atoms. The van der Waals surface area contributed by atoms with Crippen LogP contribution in [-0.2, 0) is 16.0 Å². The molecule has 1 aromatic rings. The van der Waals surface area contributed by atoms with Gasteiger partial charge in [-0.25, -0.2) is 4.79 Å². The zero-order valence-electron chi connectivity index (χ0n) is 15.1. The second kappa shape index (κ2) is 6.68. The molecule has 4 amide bonds. The molecule has 0 radical (unpaired) electrons. The van der Waals surface area contributed by atoms with Crippen LogP contribution in [0.25, 0.3) is 0 Å². The van der Waals surface area contributed by atoms with Gasteiger partial charge in [0.15, 0.2) is 0 Å². The van der Waals surface area contributed by atoms with Crippen LogP contribution in [-0.4, -0.2) is 46.3 Å². The molecule has 1 aromatic heterocycles. The third-order valence-electron chi connectivity index (χ3n) is 6.10. The van der Waals surface area contributed by atoms with Crippen molar-refractivity contribution < 1.29 is 14.4 Å². The molecule has 6 nitrogen and oxygen atoms in total. The molecule has 4 rings (SSSR count). The summed E-state index contributed by atoms with van der Waals surface area (Å²) in [6, 6.07) is 1.82. The average molecular weight is 375 g/mol. The number of carbonyl (C=O) groups excluding carboxylic acids is 3. The van der Waals surface area contributed by atoms with E-state index < -0.39 is 5.54 Å². The molecule has 140 valence electrons. The standard InChI is InChI=1S/C19H25N3O3S/c1-13-14-7-12-26-15(14)5-10-21(13)16(23)6-11-22-17(24)19(20-18(22)25)8-3-2-4-9-19/h7,12-13H,2-6,8-11H2,1H3,(H,20,25). The zero-order valence-corrected chi connectivity index (χ0v) is 15.9. The molecule has 3 aliphatic rings. The highest BCUT2D eigenvalue weighted by molar-refractivity contribution is 7.10. The summed E-state index contributed by atoms with van der Waals surface area (Å²) < 4.78 is 0. The maximum atomic E-state index is 12.8. The lowest BCUT2D eigenvalue weighted by Crippen LogP contribution is -2.48. The fourth-order valence-electron chi connectivity index (χ4n) is 4.57. The third-order valence-corrected chi connectivity index (χ3v) is 7.10. The van der Waals surface area contributed by atoms with E-state index in [4.69, 9.17) is 0 Å². The summed E-state index contributed by atoms with van der Waals surface area (Å²) in [6.45, 7) is 2.93. The van der Waals surface area contributed by atoms with Crippen molar-refractivity contribution in [3.05, 3.63) is 21.9 Å². The van der Waals surface area contributed by atoms with Crippen molar-refractivity contribution in [1.82, 2.24) is 15.1 Å². The second-order valence-corrected chi connectivity index (χ2v) is 8.59. The number of hydrogen-bond acceptors (Lipinski definition) is 4. The summed E-state index contributed by atoms with van der Waals surface area (Å²) in [5.41, 5.74) is 0.522. The molecule has 1 aliphatic carbocycles. The molecular formula is C19H25N3O3S. The molecule has 2 fully saturated rings. The number of hydrogen-bond donors (Lipinski definition) is 1. The summed E-state index contributed by atoms with van der Waals surface area (Å²) in [4.78, 5) is 42.3. The molecule has 0 aromatic carbocycles. The van der Waals surface area contributed by atoms with Crippen molar-refractivity contribution >= 4 is 29.2 Å². The Morgan fingerprint density at radius 1 is 1.31 bits per heavy atom. The van der Waals surface area contributed by atoms with Crippen molar-refractivity contribution in [3.63, 3.8) is 0 Å². The highest BCUT2D eigenvalue weighted by atomic mass is 32.1. The van der Waals surface area contributed by atoms with E-state index in [2.05, 4.69) is 16.8 Å². The van der Waals surface area contributed by atoms with Gasteiger partial charge in [0, 0.05) is 24.4 Å². The van der Waals surface area contributed by atoms with Crippen LogP contribution in [0.1, 0.15) is 61.9 Å². The fourth-order valence-corrected chi connectivity index (χ4v) is 5.54. The minimum Gasteiger partial charge on any atom is -0.335 e. The molecule has 1 atom stereocenters. The summed E-state index contributed by atoms with van der Waals surface area (Å²) in [5.74, 6) is -0.124. The molecule has 1 saturated carbocycles. The van der Waals surface area contributed by atoms with Gasteiger partial charge in [-0.3, -0.25) is 14.5 Å². The van der Waals surface area contributed by atoms with E-state index in [0.29, 0.717) is 19.4 Å². The van der Waals surface area contributed by atoms with E-state index >= 15 is 0 Å². The zero-order chi connectivity index (χ0) is 18.3. The van der Waals surface area contributed by atoms with Gasteiger partial charge in [0.05, 0.1) is 6.04 Å². The normalized spacial score (nSPS) is 24.7. The van der Waals surface area contributed by atoms with Crippen LogP contribution in [0.3, 0.4) is 0 Å². The Labute approximate surface area is 157 Å². The number of nitrogens with one attached hydrogen (secondary N) is 1. The minimum absolute atomic E-state index is 0.0135. The smallest absolute Gasteiger partial charge is 0.325 e. The van der Waals surface area contributed by atoms with Crippen LogP contribution in [0.5, 0.6) is 0 Å². The second-order valence-electron chi connectivity index (χ2n) is 7.59. The number of urea groups is 1. The van der Waals surface area contributed by atoms with E-state index in [0.717, 1.165) is 25.7 Å². The van der Waals surface area contributed by atoms with Gasteiger partial charge in [-0.15, -0.1) is 11.3 Å². The molecule has 0 bridgehead atoms. The van der Waals surface area contributed by atoms with E-state index in [1.54, 1.807) is 11.3 Å². The van der Waals surface area contributed by atoms with E-state index in [9.17, 15) is 14.4 Å². The Bertz CT molecular complexity index is 738. The van der Waals surface area contributed by atoms with E-state index in [1.165, 1.54) is 15.3 Å². The van der Waals surface area contributed by atoms with Crippen molar-refractivity contribution in [2.24, 2.45) is 0 Å². The largest absolute Gasteiger partial charge is 0.335 e. The van der Waals surface area contributed by atoms with Crippen LogP contribution in [0.2, 0.25) is 0 Å². The quantitative estimate of drug-likeness (QED) is 0.826. The minimum atomic E-state index is -0.706. The van der Waals surface area contributed by atoms with Crippen molar-refractivity contribution in [1.29, 1.82) is 0 Å². The van der Waals surface area contributed by atoms with Crippen LogP contribution in [0.15, 0.2) is 11.4 Å². The van der Waals surface area contributed by atoms with Gasteiger partial charge in [-0.2, -0.15) is 0 Å². The molecule has 1 saturated heterocycles. The number of imide groups is 1. The number of thiophene rings is 1. The van der Waals surface area contributed by atoms with Crippen molar-refractivity contribution in [3.8, 4) is 0 Å². The molecule has 3 heterocycles. The van der Waals surface area contributed by atoms with Crippen LogP contribution in [0.4, 0.5) is 4.79 Å². The van der Waals surface area contributed by atoms with Gasteiger partial charge in [0.1, 0.15) is 5.54 Å². The van der Waals surface area contributed by atoms with Crippen LogP contribution >= 0.6 is 11.3 Å². The lowest BCUT2D eigenvalue weighted by atomic mass is 9.82. The Morgan fingerprint density at radius 2 is 2.08 bits per heavy atom. The molecular weight excluding hydrogens is 350 g/mol. The van der Waals surface area contributed by atoms with E-state index in [1.807, 2.05) is 11.8 Å². The van der Waals surface area contributed by atoms with Crippen molar-refractivity contribution in [2.75, 3.05) is 13.1 Å². The van der Waals surface area contributed by atoms with E-state index in [-0.39, 0.29) is 36.9 Å². The van der Waals surface area contributed by atoms with Crippen molar-refractivity contribution in [2.45, 2.75) is 63.5 Å². The summed E-state index contributed by atoms with van der Waals surface area (Å²) in [5, 5.41) is 4.98. The highest BCUT2D eigenvalue weighted by Gasteiger charge is 2.51. The van der Waals surface area contributed by atoms with Crippen LogP contribution < -0.4 is 5.32 Å². The number of nitrogens with zero attached hydrogens (tertiary/aromatic N) is 2. The van der Waals surface area contributed by atoms with Gasteiger partial charge >= 0.3 is 6.03 Å². The molecule has 2 aliphatic heterocycles. The number of rotatable bonds is 3. The third kappa shape index (κ3) is 2.82. The van der Waals surface area contributed by atoms with Gasteiger partial charge in [0.2, 0.25) is 5.91 Å². The first kappa shape index (κ1) is 17.5. The van der Waals surface area contributed by atoms with Gasteiger partial charge < -0.3 is 10.2 Å². The Morgan fingerprint density at radius 3 is 2.85 bits per heavy atom. The monoisotopic (exact) mass is 375 g/mol. The van der Waals surface area contributed by atoms with Crippen LogP contribution in [0, 0.1) is 0 Å². The Balaban J connectivity index is 1.39. The number of carbonyl (C=O) groups is 3. The first-order valence-electron chi connectivity index (χ1n) is 9.52. The van der Waals surface area contributed by atoms with Gasteiger partial charge in [-0.1, -0.05) is 19.3 Å². The lowest BCUT2D eigenvalue weighted by molar-refractivity contribution is -0.135. The summed E-state index contributed by atoms with van der Waals surface area (Å²) in [6.07, 6.45) is 5.55. The topological polar surface area (TPSA) is 69.7 Å². The SMILES string of the molecule is CC1c2ccsc2CCN1C(=O)CCN1C(=O)NC2(CCCCC2)C1=O. The molecule has 1 unspecified atom stereocenters.